The van der Waals surface area contributed by atoms with E-state index in [9.17, 15) is 4.79 Å². The summed E-state index contributed by atoms with van der Waals surface area (Å²) in [7, 11) is -1.64. The maximum Gasteiger partial charge on any atom is 0.325 e. The molecule has 0 saturated carbocycles. The van der Waals surface area contributed by atoms with E-state index in [1.807, 2.05) is 6.92 Å². The molecule has 0 aromatic heterocycles. The highest BCUT2D eigenvalue weighted by Gasteiger charge is 2.49. The fourth-order valence-electron chi connectivity index (χ4n) is 1.69. The van der Waals surface area contributed by atoms with Gasteiger partial charge in [-0.25, -0.2) is 0 Å². The number of carbonyl (C=O) groups excluding carboxylic acids is 1. The van der Waals surface area contributed by atoms with Gasteiger partial charge in [0.15, 0.2) is 8.32 Å². The monoisotopic (exact) mass is 294 g/mol. The van der Waals surface area contributed by atoms with Crippen molar-refractivity contribution in [1.29, 1.82) is 0 Å². The van der Waals surface area contributed by atoms with E-state index in [-0.39, 0.29) is 18.0 Å². The van der Waals surface area contributed by atoms with Gasteiger partial charge in [-0.2, -0.15) is 0 Å². The Labute approximate surface area is 101 Å². The zero-order valence-electron chi connectivity index (χ0n) is 9.96. The first kappa shape index (κ1) is 13.2. The molecular formula is C10H19BrO3Si. The number of alkyl halides is 1. The maximum absolute atomic E-state index is 11.6. The summed E-state index contributed by atoms with van der Waals surface area (Å²) in [6, 6.07) is 0. The van der Waals surface area contributed by atoms with Crippen LogP contribution in [0.3, 0.4) is 0 Å². The molecule has 15 heavy (non-hydrogen) atoms. The number of cyclic esters (lactones) is 1. The molecule has 0 aromatic carbocycles. The molecular weight excluding hydrogens is 276 g/mol. The largest absolute Gasteiger partial charge is 0.464 e. The van der Waals surface area contributed by atoms with Crippen molar-refractivity contribution in [2.45, 2.75) is 43.9 Å². The summed E-state index contributed by atoms with van der Waals surface area (Å²) in [6.45, 7) is 10.7. The lowest BCUT2D eigenvalue weighted by atomic mass is 9.91. The smallest absolute Gasteiger partial charge is 0.325 e. The van der Waals surface area contributed by atoms with Crippen LogP contribution in [0.15, 0.2) is 0 Å². The molecule has 3 nitrogen and oxygen atoms in total. The highest BCUT2D eigenvalue weighted by molar-refractivity contribution is 9.10. The lowest BCUT2D eigenvalue weighted by Gasteiger charge is -2.42. The van der Waals surface area contributed by atoms with E-state index in [2.05, 4.69) is 42.5 Å². The molecule has 1 saturated heterocycles. The number of rotatable bonds is 2. The van der Waals surface area contributed by atoms with Gasteiger partial charge in [0.05, 0.1) is 12.7 Å². The number of hydrogen-bond donors (Lipinski definition) is 0. The molecule has 0 spiro atoms. The van der Waals surface area contributed by atoms with Gasteiger partial charge in [-0.05, 0) is 26.6 Å². The summed E-state index contributed by atoms with van der Waals surface area (Å²) in [5.41, 5.74) is 0. The first-order valence-electron chi connectivity index (χ1n) is 5.18. The Morgan fingerprint density at radius 1 is 1.53 bits per heavy atom. The molecule has 1 aliphatic heterocycles. The van der Waals surface area contributed by atoms with Gasteiger partial charge in [0.2, 0.25) is 0 Å². The molecule has 0 bridgehead atoms. The SMILES string of the molecule is C[C@H]1COC(=O)[C@](C)(Br)[C@H]1O[Si](C)(C)C. The molecule has 1 rings (SSSR count). The van der Waals surface area contributed by atoms with E-state index in [1.165, 1.54) is 0 Å². The van der Waals surface area contributed by atoms with Crippen LogP contribution >= 0.6 is 15.9 Å². The summed E-state index contributed by atoms with van der Waals surface area (Å²) < 4.78 is 10.5. The molecule has 0 unspecified atom stereocenters. The first-order chi connectivity index (χ1) is 6.64. The van der Waals surface area contributed by atoms with Crippen LogP contribution in [0.25, 0.3) is 0 Å². The minimum atomic E-state index is -1.64. The van der Waals surface area contributed by atoms with Gasteiger partial charge in [0, 0.05) is 5.92 Å². The fourth-order valence-corrected chi connectivity index (χ4v) is 3.76. The number of hydrogen-bond acceptors (Lipinski definition) is 3. The molecule has 3 atom stereocenters. The molecule has 1 fully saturated rings. The summed E-state index contributed by atoms with van der Waals surface area (Å²) in [4.78, 5) is 11.6. The van der Waals surface area contributed by atoms with Crippen LogP contribution in [-0.2, 0) is 14.0 Å². The predicted octanol–water partition coefficient (Wildman–Crippen LogP) is 2.55. The van der Waals surface area contributed by atoms with Crippen LogP contribution in [0.5, 0.6) is 0 Å². The van der Waals surface area contributed by atoms with Crippen molar-refractivity contribution in [1.82, 2.24) is 0 Å². The van der Waals surface area contributed by atoms with Crippen molar-refractivity contribution >= 4 is 30.2 Å². The second kappa shape index (κ2) is 4.18. The van der Waals surface area contributed by atoms with Gasteiger partial charge >= 0.3 is 5.97 Å². The Morgan fingerprint density at radius 3 is 2.53 bits per heavy atom. The van der Waals surface area contributed by atoms with Crippen LogP contribution in [0.4, 0.5) is 0 Å². The molecule has 0 aliphatic carbocycles. The highest BCUT2D eigenvalue weighted by Crippen LogP contribution is 2.36. The van der Waals surface area contributed by atoms with Crippen LogP contribution in [0.2, 0.25) is 19.6 Å². The third kappa shape index (κ3) is 3.04. The van der Waals surface area contributed by atoms with Crippen molar-refractivity contribution in [3.8, 4) is 0 Å². The third-order valence-electron chi connectivity index (χ3n) is 2.41. The van der Waals surface area contributed by atoms with Crippen molar-refractivity contribution in [3.05, 3.63) is 0 Å². The van der Waals surface area contributed by atoms with Gasteiger partial charge in [-0.3, -0.25) is 4.79 Å². The van der Waals surface area contributed by atoms with Crippen LogP contribution < -0.4 is 0 Å². The third-order valence-corrected chi connectivity index (χ3v) is 4.14. The summed E-state index contributed by atoms with van der Waals surface area (Å²) >= 11 is 3.44. The van der Waals surface area contributed by atoms with E-state index in [0.29, 0.717) is 6.61 Å². The second-order valence-corrected chi connectivity index (χ2v) is 11.4. The Hall–Kier alpha value is 0.127. The molecule has 5 heteroatoms. The first-order valence-corrected chi connectivity index (χ1v) is 9.38. The topological polar surface area (TPSA) is 35.5 Å². The van der Waals surface area contributed by atoms with Gasteiger partial charge in [0.25, 0.3) is 0 Å². The van der Waals surface area contributed by atoms with Gasteiger partial charge in [0.1, 0.15) is 4.32 Å². The number of esters is 1. The van der Waals surface area contributed by atoms with Gasteiger partial charge < -0.3 is 9.16 Å². The predicted molar refractivity (Wildman–Crippen MR) is 65.7 cm³/mol. The van der Waals surface area contributed by atoms with E-state index in [4.69, 9.17) is 9.16 Å². The minimum Gasteiger partial charge on any atom is -0.464 e. The molecule has 1 heterocycles. The number of ether oxygens (including phenoxy) is 1. The summed E-state index contributed by atoms with van der Waals surface area (Å²) in [5.74, 6) is 0.0163. The Bertz CT molecular complexity index is 260. The number of halogens is 1. The lowest BCUT2D eigenvalue weighted by molar-refractivity contribution is -0.159. The zero-order valence-corrected chi connectivity index (χ0v) is 12.6. The van der Waals surface area contributed by atoms with Crippen molar-refractivity contribution in [2.24, 2.45) is 5.92 Å². The van der Waals surface area contributed by atoms with Crippen molar-refractivity contribution in [2.75, 3.05) is 6.61 Å². The minimum absolute atomic E-state index is 0.0922. The van der Waals surface area contributed by atoms with Gasteiger partial charge in [-0.15, -0.1) is 0 Å². The quantitative estimate of drug-likeness (QED) is 0.446. The zero-order chi connectivity index (χ0) is 11.9. The Kier molecular flexibility index (Phi) is 3.68. The average molecular weight is 295 g/mol. The van der Waals surface area contributed by atoms with E-state index < -0.39 is 12.6 Å². The molecule has 0 N–H and O–H groups in total. The standard InChI is InChI=1S/C10H19BrO3Si/c1-7-6-13-9(12)10(2,11)8(7)14-15(3,4)5/h7-8H,6H2,1-5H3/t7-,8-,10+/m0/s1. The van der Waals surface area contributed by atoms with E-state index in [0.717, 1.165) is 0 Å². The molecule has 1 aliphatic rings. The molecule has 0 aromatic rings. The normalized spacial score (nSPS) is 37.6. The Morgan fingerprint density at radius 2 is 2.07 bits per heavy atom. The van der Waals surface area contributed by atoms with Crippen LogP contribution in [0, 0.1) is 5.92 Å². The second-order valence-electron chi connectivity index (χ2n) is 5.30. The maximum atomic E-state index is 11.6. The lowest BCUT2D eigenvalue weighted by Crippen LogP contribution is -2.56. The van der Waals surface area contributed by atoms with Crippen molar-refractivity contribution in [3.63, 3.8) is 0 Å². The molecule has 0 amide bonds. The molecule has 0 radical (unpaired) electrons. The van der Waals surface area contributed by atoms with E-state index >= 15 is 0 Å². The van der Waals surface area contributed by atoms with Crippen LogP contribution in [-0.4, -0.2) is 31.3 Å². The van der Waals surface area contributed by atoms with Gasteiger partial charge in [-0.1, -0.05) is 22.9 Å². The summed E-state index contributed by atoms with van der Waals surface area (Å²) in [5, 5.41) is 0. The number of carbonyl (C=O) groups is 1. The highest BCUT2D eigenvalue weighted by atomic mass is 79.9. The fraction of sp³-hybridized carbons (Fsp3) is 0.900. The van der Waals surface area contributed by atoms with Crippen molar-refractivity contribution < 1.29 is 14.0 Å². The Balaban J connectivity index is 2.86. The molecule has 88 valence electrons. The van der Waals surface area contributed by atoms with Crippen LogP contribution in [0.1, 0.15) is 13.8 Å². The van der Waals surface area contributed by atoms with E-state index in [1.54, 1.807) is 0 Å². The average Bonchev–Trinajstić information content (AvgIpc) is 2.05. The summed E-state index contributed by atoms with van der Waals surface area (Å²) in [6.07, 6.45) is -0.0922.